The molecule has 0 aliphatic carbocycles. The van der Waals surface area contributed by atoms with E-state index >= 15 is 0 Å². The number of sulfonamides is 1. The minimum Gasteiger partial charge on any atom is -0.399 e. The predicted octanol–water partition coefficient (Wildman–Crippen LogP) is 1.74. The van der Waals surface area contributed by atoms with Crippen LogP contribution in [-0.2, 0) is 10.0 Å². The number of nitrogens with one attached hydrogen (secondary N) is 1. The van der Waals surface area contributed by atoms with Crippen molar-refractivity contribution in [2.24, 2.45) is 0 Å². The van der Waals surface area contributed by atoms with Crippen LogP contribution >= 0.6 is 0 Å². The number of nitrogens with zero attached hydrogens (tertiary/aromatic N) is 1. The molecule has 2 rings (SSSR count). The molecule has 0 amide bonds. The van der Waals surface area contributed by atoms with Crippen LogP contribution in [0.4, 0.5) is 20.3 Å². The molecule has 0 spiro atoms. The lowest BCUT2D eigenvalue weighted by molar-refractivity contribution is 0.486. The van der Waals surface area contributed by atoms with Crippen LogP contribution in [0.2, 0.25) is 0 Å². The molecule has 0 saturated carbocycles. The van der Waals surface area contributed by atoms with Crippen LogP contribution in [0.1, 0.15) is 0 Å². The lowest BCUT2D eigenvalue weighted by Gasteiger charge is -2.09. The highest BCUT2D eigenvalue weighted by Crippen LogP contribution is 2.22. The van der Waals surface area contributed by atoms with Gasteiger partial charge in [0.25, 0.3) is 10.0 Å². The normalized spacial score (nSPS) is 11.3. The number of nitrogen functional groups attached to an aromatic ring is 1. The largest absolute Gasteiger partial charge is 0.399 e. The monoisotopic (exact) mass is 285 g/mol. The van der Waals surface area contributed by atoms with Crippen molar-refractivity contribution in [2.45, 2.75) is 4.90 Å². The number of halogens is 2. The third kappa shape index (κ3) is 2.79. The van der Waals surface area contributed by atoms with Crippen molar-refractivity contribution >= 4 is 21.5 Å². The summed E-state index contributed by atoms with van der Waals surface area (Å²) in [5, 5.41) is 0. The van der Waals surface area contributed by atoms with Crippen molar-refractivity contribution in [3.63, 3.8) is 0 Å². The summed E-state index contributed by atoms with van der Waals surface area (Å²) in [5.74, 6) is -2.83. The van der Waals surface area contributed by atoms with Crippen molar-refractivity contribution < 1.29 is 17.2 Å². The summed E-state index contributed by atoms with van der Waals surface area (Å²) in [4.78, 5) is 2.86. The zero-order chi connectivity index (χ0) is 14.0. The first-order valence-electron chi connectivity index (χ1n) is 5.08. The average Bonchev–Trinajstić information content (AvgIpc) is 2.34. The third-order valence-electron chi connectivity index (χ3n) is 2.21. The first kappa shape index (κ1) is 13.2. The maximum absolute atomic E-state index is 13.5. The van der Waals surface area contributed by atoms with E-state index in [2.05, 4.69) is 4.98 Å². The summed E-state index contributed by atoms with van der Waals surface area (Å²) >= 11 is 0. The molecule has 1 aromatic heterocycles. The van der Waals surface area contributed by atoms with E-state index in [1.165, 1.54) is 12.3 Å². The Bertz CT molecular complexity index is 705. The highest BCUT2D eigenvalue weighted by atomic mass is 32.2. The Morgan fingerprint density at radius 3 is 2.58 bits per heavy atom. The van der Waals surface area contributed by atoms with Crippen molar-refractivity contribution in [3.8, 4) is 0 Å². The highest BCUT2D eigenvalue weighted by Gasteiger charge is 2.23. The predicted molar refractivity (Wildman–Crippen MR) is 65.8 cm³/mol. The number of benzene rings is 1. The molecule has 0 atom stereocenters. The van der Waals surface area contributed by atoms with E-state index in [4.69, 9.17) is 5.73 Å². The Balaban J connectivity index is 2.46. The van der Waals surface area contributed by atoms with Gasteiger partial charge in [-0.25, -0.2) is 22.2 Å². The average molecular weight is 285 g/mol. The molecular formula is C11H9F2N3O2S. The Kier molecular flexibility index (Phi) is 3.34. The SMILES string of the molecule is Nc1cc(F)c(F)c(S(=O)(=O)Nc2ccccn2)c1. The van der Waals surface area contributed by atoms with Gasteiger partial charge < -0.3 is 5.73 Å². The summed E-state index contributed by atoms with van der Waals surface area (Å²) in [6, 6.07) is 6.04. The van der Waals surface area contributed by atoms with E-state index in [9.17, 15) is 17.2 Å². The van der Waals surface area contributed by atoms with Gasteiger partial charge in [-0.3, -0.25) is 4.72 Å². The smallest absolute Gasteiger partial charge is 0.266 e. The van der Waals surface area contributed by atoms with Gasteiger partial charge in [0.05, 0.1) is 0 Å². The van der Waals surface area contributed by atoms with Crippen LogP contribution in [0.25, 0.3) is 0 Å². The molecule has 0 fully saturated rings. The molecule has 0 saturated heterocycles. The summed E-state index contributed by atoms with van der Waals surface area (Å²) in [7, 11) is -4.30. The number of rotatable bonds is 3. The van der Waals surface area contributed by atoms with Crippen LogP contribution < -0.4 is 10.5 Å². The lowest BCUT2D eigenvalue weighted by Crippen LogP contribution is -2.16. The van der Waals surface area contributed by atoms with E-state index < -0.39 is 26.6 Å². The fourth-order valence-corrected chi connectivity index (χ4v) is 2.53. The molecule has 8 heteroatoms. The zero-order valence-electron chi connectivity index (χ0n) is 9.47. The maximum atomic E-state index is 13.5. The lowest BCUT2D eigenvalue weighted by atomic mass is 10.3. The number of anilines is 2. The van der Waals surface area contributed by atoms with Gasteiger partial charge in [0, 0.05) is 11.9 Å². The Labute approximate surface area is 108 Å². The summed E-state index contributed by atoms with van der Waals surface area (Å²) in [6.07, 6.45) is 1.36. The quantitative estimate of drug-likeness (QED) is 0.841. The standard InChI is InChI=1S/C11H9F2N3O2S/c12-8-5-7(14)6-9(11(8)13)19(17,18)16-10-3-1-2-4-15-10/h1-6H,14H2,(H,15,16). The molecule has 19 heavy (non-hydrogen) atoms. The molecule has 2 aromatic rings. The molecule has 1 aromatic carbocycles. The molecule has 0 aliphatic rings. The second-order valence-corrected chi connectivity index (χ2v) is 5.29. The first-order valence-corrected chi connectivity index (χ1v) is 6.57. The van der Waals surface area contributed by atoms with E-state index in [0.29, 0.717) is 6.07 Å². The molecule has 100 valence electrons. The number of pyridine rings is 1. The van der Waals surface area contributed by atoms with Crippen LogP contribution in [-0.4, -0.2) is 13.4 Å². The highest BCUT2D eigenvalue weighted by molar-refractivity contribution is 7.92. The molecule has 0 bridgehead atoms. The number of hydrogen-bond acceptors (Lipinski definition) is 4. The molecule has 0 radical (unpaired) electrons. The summed E-state index contributed by atoms with van der Waals surface area (Å²) in [6.45, 7) is 0. The fraction of sp³-hybridized carbons (Fsp3) is 0. The van der Waals surface area contributed by atoms with E-state index in [0.717, 1.165) is 6.07 Å². The Morgan fingerprint density at radius 1 is 1.21 bits per heavy atom. The zero-order valence-corrected chi connectivity index (χ0v) is 10.3. The second-order valence-electron chi connectivity index (χ2n) is 3.64. The van der Waals surface area contributed by atoms with Gasteiger partial charge >= 0.3 is 0 Å². The van der Waals surface area contributed by atoms with Crippen molar-refractivity contribution in [1.29, 1.82) is 0 Å². The molecule has 3 N–H and O–H groups in total. The summed E-state index contributed by atoms with van der Waals surface area (Å²) in [5.41, 5.74) is 5.11. The molecule has 1 heterocycles. The number of aromatic nitrogens is 1. The molecule has 5 nitrogen and oxygen atoms in total. The van der Waals surface area contributed by atoms with Crippen LogP contribution in [0.5, 0.6) is 0 Å². The van der Waals surface area contributed by atoms with Gasteiger partial charge in [0.1, 0.15) is 10.7 Å². The maximum Gasteiger partial charge on any atom is 0.266 e. The van der Waals surface area contributed by atoms with E-state index in [1.54, 1.807) is 12.1 Å². The van der Waals surface area contributed by atoms with Crippen LogP contribution in [0, 0.1) is 11.6 Å². The van der Waals surface area contributed by atoms with Gasteiger partial charge in [0.2, 0.25) is 0 Å². The second kappa shape index (κ2) is 4.81. The topological polar surface area (TPSA) is 85.1 Å². The van der Waals surface area contributed by atoms with Gasteiger partial charge in [-0.15, -0.1) is 0 Å². The van der Waals surface area contributed by atoms with Gasteiger partial charge in [-0.05, 0) is 24.3 Å². The molecule has 0 unspecified atom stereocenters. The summed E-state index contributed by atoms with van der Waals surface area (Å²) < 4.78 is 52.5. The minimum absolute atomic E-state index is 0.00951. The van der Waals surface area contributed by atoms with Crippen LogP contribution in [0.3, 0.4) is 0 Å². The number of nitrogens with two attached hydrogens (primary N) is 1. The first-order chi connectivity index (χ1) is 8.90. The Morgan fingerprint density at radius 2 is 1.95 bits per heavy atom. The Hall–Kier alpha value is -2.22. The van der Waals surface area contributed by atoms with E-state index in [1.807, 2.05) is 4.72 Å². The van der Waals surface area contributed by atoms with Gasteiger partial charge in [-0.1, -0.05) is 6.07 Å². The van der Waals surface area contributed by atoms with Gasteiger partial charge in [0.15, 0.2) is 11.6 Å². The molecular weight excluding hydrogens is 276 g/mol. The number of hydrogen-bond donors (Lipinski definition) is 2. The van der Waals surface area contributed by atoms with Crippen LogP contribution in [0.15, 0.2) is 41.4 Å². The minimum atomic E-state index is -4.30. The van der Waals surface area contributed by atoms with Crippen molar-refractivity contribution in [1.82, 2.24) is 4.98 Å². The fourth-order valence-electron chi connectivity index (χ4n) is 1.40. The van der Waals surface area contributed by atoms with Crippen molar-refractivity contribution in [3.05, 3.63) is 48.2 Å². The van der Waals surface area contributed by atoms with Crippen molar-refractivity contribution in [2.75, 3.05) is 10.5 Å². The third-order valence-corrected chi connectivity index (χ3v) is 3.56. The molecule has 0 aliphatic heterocycles. The van der Waals surface area contributed by atoms with Gasteiger partial charge in [-0.2, -0.15) is 0 Å². The van der Waals surface area contributed by atoms with E-state index in [-0.39, 0.29) is 11.5 Å².